The van der Waals surface area contributed by atoms with E-state index in [1.807, 2.05) is 25.1 Å². The Morgan fingerprint density at radius 1 is 1.33 bits per heavy atom. The smallest absolute Gasteiger partial charge is 0.0992 e. The van der Waals surface area contributed by atoms with Crippen molar-refractivity contribution >= 4 is 5.69 Å². The van der Waals surface area contributed by atoms with Crippen LogP contribution in [0.2, 0.25) is 0 Å². The van der Waals surface area contributed by atoms with Gasteiger partial charge in [0.15, 0.2) is 0 Å². The summed E-state index contributed by atoms with van der Waals surface area (Å²) in [6.07, 6.45) is 1.10. The van der Waals surface area contributed by atoms with Gasteiger partial charge in [0.1, 0.15) is 0 Å². The van der Waals surface area contributed by atoms with Crippen LogP contribution in [0.1, 0.15) is 31.4 Å². The highest BCUT2D eigenvalue weighted by molar-refractivity contribution is 5.55. The first-order valence-corrected chi connectivity index (χ1v) is 6.46. The molecule has 0 radical (unpaired) electrons. The van der Waals surface area contributed by atoms with Crippen LogP contribution in [0.5, 0.6) is 0 Å². The van der Waals surface area contributed by atoms with E-state index >= 15 is 0 Å². The average Bonchev–Trinajstić information content (AvgIpc) is 2.35. The second-order valence-corrected chi connectivity index (χ2v) is 4.86. The topological polar surface area (TPSA) is 45.0 Å². The molecule has 0 atom stereocenters. The van der Waals surface area contributed by atoms with Crippen molar-refractivity contribution in [3.8, 4) is 6.07 Å². The van der Waals surface area contributed by atoms with Crippen LogP contribution in [0.3, 0.4) is 0 Å². The molecule has 0 unspecified atom stereocenters. The maximum atomic E-state index is 8.84. The standard InChI is InChI=1S/C15H22N2O/c1-12(2)6-8-18-9-7-17-15-10-14(11-16)5-4-13(15)3/h4-5,10,12,17H,6-9H2,1-3H3. The summed E-state index contributed by atoms with van der Waals surface area (Å²) in [5.74, 6) is 0.688. The molecule has 0 heterocycles. The minimum absolute atomic E-state index is 0.684. The van der Waals surface area contributed by atoms with Crippen molar-refractivity contribution < 1.29 is 4.74 Å². The largest absolute Gasteiger partial charge is 0.382 e. The van der Waals surface area contributed by atoms with Crippen LogP contribution in [-0.2, 0) is 4.74 Å². The minimum Gasteiger partial charge on any atom is -0.382 e. The van der Waals surface area contributed by atoms with Gasteiger partial charge in [-0.05, 0) is 37.0 Å². The second-order valence-electron chi connectivity index (χ2n) is 4.86. The van der Waals surface area contributed by atoms with Crippen LogP contribution < -0.4 is 5.32 Å². The normalized spacial score (nSPS) is 10.4. The first-order valence-electron chi connectivity index (χ1n) is 6.46. The van der Waals surface area contributed by atoms with Crippen molar-refractivity contribution in [3.05, 3.63) is 29.3 Å². The maximum absolute atomic E-state index is 8.84. The number of nitrogens with zero attached hydrogens (tertiary/aromatic N) is 1. The summed E-state index contributed by atoms with van der Waals surface area (Å²) in [5, 5.41) is 12.1. The molecule has 0 spiro atoms. The molecule has 98 valence electrons. The summed E-state index contributed by atoms with van der Waals surface area (Å²) in [7, 11) is 0. The Kier molecular flexibility index (Phi) is 6.24. The third-order valence-corrected chi connectivity index (χ3v) is 2.77. The molecule has 0 amide bonds. The fraction of sp³-hybridized carbons (Fsp3) is 0.533. The lowest BCUT2D eigenvalue weighted by atomic mass is 10.1. The van der Waals surface area contributed by atoms with E-state index in [1.54, 1.807) is 0 Å². The highest BCUT2D eigenvalue weighted by Gasteiger charge is 1.99. The van der Waals surface area contributed by atoms with Gasteiger partial charge in [-0.3, -0.25) is 0 Å². The van der Waals surface area contributed by atoms with Crippen LogP contribution in [0.25, 0.3) is 0 Å². The predicted molar refractivity (Wildman–Crippen MR) is 74.7 cm³/mol. The number of rotatable bonds is 7. The molecular weight excluding hydrogens is 224 g/mol. The summed E-state index contributed by atoms with van der Waals surface area (Å²) >= 11 is 0. The fourth-order valence-electron chi connectivity index (χ4n) is 1.56. The van der Waals surface area contributed by atoms with Crippen LogP contribution >= 0.6 is 0 Å². The van der Waals surface area contributed by atoms with Crippen molar-refractivity contribution in [2.24, 2.45) is 5.92 Å². The summed E-state index contributed by atoms with van der Waals surface area (Å²) in [6.45, 7) is 8.70. The molecule has 0 fully saturated rings. The van der Waals surface area contributed by atoms with Crippen molar-refractivity contribution in [3.63, 3.8) is 0 Å². The van der Waals surface area contributed by atoms with E-state index in [1.165, 1.54) is 0 Å². The van der Waals surface area contributed by atoms with E-state index in [2.05, 4.69) is 25.2 Å². The molecule has 0 saturated heterocycles. The third kappa shape index (κ3) is 5.20. The van der Waals surface area contributed by atoms with Gasteiger partial charge in [0.05, 0.1) is 18.2 Å². The third-order valence-electron chi connectivity index (χ3n) is 2.77. The Bertz CT molecular complexity index is 407. The molecule has 1 N–H and O–H groups in total. The summed E-state index contributed by atoms with van der Waals surface area (Å²) in [4.78, 5) is 0. The highest BCUT2D eigenvalue weighted by atomic mass is 16.5. The first kappa shape index (κ1) is 14.5. The Morgan fingerprint density at radius 3 is 2.78 bits per heavy atom. The number of hydrogen-bond donors (Lipinski definition) is 1. The number of nitriles is 1. The molecule has 1 rings (SSSR count). The predicted octanol–water partition coefficient (Wildman–Crippen LogP) is 3.34. The quantitative estimate of drug-likeness (QED) is 0.750. The van der Waals surface area contributed by atoms with Gasteiger partial charge in [-0.1, -0.05) is 19.9 Å². The van der Waals surface area contributed by atoms with E-state index < -0.39 is 0 Å². The van der Waals surface area contributed by atoms with Gasteiger partial charge in [-0.25, -0.2) is 0 Å². The van der Waals surface area contributed by atoms with Gasteiger partial charge in [0, 0.05) is 18.8 Å². The van der Waals surface area contributed by atoms with Crippen LogP contribution in [0.15, 0.2) is 18.2 Å². The number of anilines is 1. The van der Waals surface area contributed by atoms with Crippen LogP contribution in [0.4, 0.5) is 5.69 Å². The molecule has 0 aliphatic carbocycles. The monoisotopic (exact) mass is 246 g/mol. The molecule has 0 bridgehead atoms. The van der Waals surface area contributed by atoms with E-state index in [4.69, 9.17) is 10.00 Å². The van der Waals surface area contributed by atoms with E-state index in [0.717, 1.165) is 30.8 Å². The lowest BCUT2D eigenvalue weighted by molar-refractivity contribution is 0.132. The van der Waals surface area contributed by atoms with Crippen molar-refractivity contribution in [1.82, 2.24) is 0 Å². The number of ether oxygens (including phenoxy) is 1. The molecule has 1 aromatic rings. The fourth-order valence-corrected chi connectivity index (χ4v) is 1.56. The first-order chi connectivity index (χ1) is 8.63. The Labute approximate surface area is 110 Å². The van der Waals surface area contributed by atoms with Gasteiger partial charge in [-0.2, -0.15) is 5.26 Å². The lowest BCUT2D eigenvalue weighted by Crippen LogP contribution is -2.11. The molecule has 0 aliphatic rings. The van der Waals surface area contributed by atoms with Gasteiger partial charge in [-0.15, -0.1) is 0 Å². The molecular formula is C15H22N2O. The summed E-state index contributed by atoms with van der Waals surface area (Å²) in [6, 6.07) is 7.82. The minimum atomic E-state index is 0.684. The zero-order valence-electron chi connectivity index (χ0n) is 11.5. The van der Waals surface area contributed by atoms with Crippen molar-refractivity contribution in [2.45, 2.75) is 27.2 Å². The van der Waals surface area contributed by atoms with E-state index in [9.17, 15) is 0 Å². The van der Waals surface area contributed by atoms with Crippen LogP contribution in [0, 0.1) is 24.2 Å². The highest BCUT2D eigenvalue weighted by Crippen LogP contribution is 2.15. The number of aryl methyl sites for hydroxylation is 1. The van der Waals surface area contributed by atoms with Crippen molar-refractivity contribution in [1.29, 1.82) is 5.26 Å². The lowest BCUT2D eigenvalue weighted by Gasteiger charge is -2.10. The zero-order valence-corrected chi connectivity index (χ0v) is 11.5. The molecule has 3 nitrogen and oxygen atoms in total. The molecule has 18 heavy (non-hydrogen) atoms. The van der Waals surface area contributed by atoms with Gasteiger partial charge >= 0.3 is 0 Å². The van der Waals surface area contributed by atoms with Crippen molar-refractivity contribution in [2.75, 3.05) is 25.1 Å². The number of hydrogen-bond acceptors (Lipinski definition) is 3. The number of nitrogens with one attached hydrogen (secondary N) is 1. The van der Waals surface area contributed by atoms with E-state index in [-0.39, 0.29) is 0 Å². The number of benzene rings is 1. The van der Waals surface area contributed by atoms with Gasteiger partial charge in [0.25, 0.3) is 0 Å². The summed E-state index contributed by atoms with van der Waals surface area (Å²) in [5.41, 5.74) is 2.85. The molecule has 0 saturated carbocycles. The second kappa shape index (κ2) is 7.73. The molecule has 3 heteroatoms. The molecule has 0 aliphatic heterocycles. The summed E-state index contributed by atoms with van der Waals surface area (Å²) < 4.78 is 5.54. The maximum Gasteiger partial charge on any atom is 0.0992 e. The Balaban J connectivity index is 2.29. The van der Waals surface area contributed by atoms with E-state index in [0.29, 0.717) is 18.1 Å². The SMILES string of the molecule is Cc1ccc(C#N)cc1NCCOCCC(C)C. The Hall–Kier alpha value is -1.53. The van der Waals surface area contributed by atoms with Crippen LogP contribution in [-0.4, -0.2) is 19.8 Å². The van der Waals surface area contributed by atoms with Gasteiger partial charge in [0.2, 0.25) is 0 Å². The average molecular weight is 246 g/mol. The molecule has 1 aromatic carbocycles. The molecule has 0 aromatic heterocycles. The van der Waals surface area contributed by atoms with Gasteiger partial charge < -0.3 is 10.1 Å². The Morgan fingerprint density at radius 2 is 2.11 bits per heavy atom. The zero-order chi connectivity index (χ0) is 13.4.